The number of fused-ring (bicyclic) bond motifs is 2. The SMILES string of the molecule is N=C(c1ccc(N2C3CCC2CC(O)C3)cc1)c1cc(C(=O)NCc2ccccn2)ccc1N. The molecule has 5 rings (SSSR count). The molecule has 1 aromatic heterocycles. The third-order valence-corrected chi connectivity index (χ3v) is 6.90. The van der Waals surface area contributed by atoms with Crippen molar-refractivity contribution in [1.82, 2.24) is 10.3 Å². The number of carbonyl (C=O) groups is 1. The van der Waals surface area contributed by atoms with Gasteiger partial charge in [0, 0.05) is 46.3 Å². The fourth-order valence-electron chi connectivity index (χ4n) is 5.22. The van der Waals surface area contributed by atoms with Crippen LogP contribution < -0.4 is 16.0 Å². The fourth-order valence-corrected chi connectivity index (χ4v) is 5.22. The van der Waals surface area contributed by atoms with Crippen LogP contribution in [0.25, 0.3) is 0 Å². The number of anilines is 2. The van der Waals surface area contributed by atoms with Crippen LogP contribution in [0.5, 0.6) is 0 Å². The molecule has 2 saturated heterocycles. The second-order valence-electron chi connectivity index (χ2n) is 9.15. The molecule has 0 saturated carbocycles. The molecule has 2 bridgehead atoms. The van der Waals surface area contributed by atoms with Crippen molar-refractivity contribution in [2.75, 3.05) is 10.6 Å². The summed E-state index contributed by atoms with van der Waals surface area (Å²) in [5, 5.41) is 21.7. The van der Waals surface area contributed by atoms with Crippen molar-refractivity contribution in [3.63, 3.8) is 0 Å². The molecule has 174 valence electrons. The van der Waals surface area contributed by atoms with Gasteiger partial charge >= 0.3 is 0 Å². The predicted octanol–water partition coefficient (Wildman–Crippen LogP) is 3.50. The maximum absolute atomic E-state index is 12.7. The van der Waals surface area contributed by atoms with Crippen LogP contribution in [0, 0.1) is 5.41 Å². The lowest BCUT2D eigenvalue weighted by molar-refractivity contribution is 0.0950. The molecule has 0 aliphatic carbocycles. The van der Waals surface area contributed by atoms with E-state index in [4.69, 9.17) is 11.1 Å². The van der Waals surface area contributed by atoms with Gasteiger partial charge in [-0.1, -0.05) is 18.2 Å². The maximum atomic E-state index is 12.7. The number of pyridine rings is 1. The second kappa shape index (κ2) is 9.27. The summed E-state index contributed by atoms with van der Waals surface area (Å²) in [5.41, 5.74) is 10.5. The number of rotatable bonds is 6. The van der Waals surface area contributed by atoms with E-state index in [-0.39, 0.29) is 17.7 Å². The van der Waals surface area contributed by atoms with Crippen LogP contribution in [0.2, 0.25) is 0 Å². The number of amides is 1. The number of nitrogens with zero attached hydrogens (tertiary/aromatic N) is 2. The molecule has 2 unspecified atom stereocenters. The van der Waals surface area contributed by atoms with Gasteiger partial charge in [-0.2, -0.15) is 0 Å². The molecule has 5 N–H and O–H groups in total. The number of nitrogen functional groups attached to an aromatic ring is 1. The molecule has 7 heteroatoms. The number of aliphatic hydroxyl groups excluding tert-OH is 1. The highest BCUT2D eigenvalue weighted by atomic mass is 16.3. The number of aromatic nitrogens is 1. The van der Waals surface area contributed by atoms with Crippen molar-refractivity contribution in [3.8, 4) is 0 Å². The van der Waals surface area contributed by atoms with E-state index in [1.807, 2.05) is 42.5 Å². The first kappa shape index (κ1) is 22.1. The van der Waals surface area contributed by atoms with Crippen molar-refractivity contribution in [3.05, 3.63) is 89.2 Å². The molecule has 2 fully saturated rings. The Kier molecular flexibility index (Phi) is 6.02. The summed E-state index contributed by atoms with van der Waals surface area (Å²) in [6.45, 7) is 0.327. The molecule has 3 heterocycles. The average molecular weight is 456 g/mol. The Hall–Kier alpha value is -3.71. The number of aliphatic hydroxyl groups is 1. The largest absolute Gasteiger partial charge is 0.398 e. The zero-order valence-corrected chi connectivity index (χ0v) is 18.9. The second-order valence-corrected chi connectivity index (χ2v) is 9.15. The summed E-state index contributed by atoms with van der Waals surface area (Å²) in [7, 11) is 0. The maximum Gasteiger partial charge on any atom is 0.251 e. The van der Waals surface area contributed by atoms with Gasteiger partial charge in [0.15, 0.2) is 0 Å². The Morgan fingerprint density at radius 3 is 2.44 bits per heavy atom. The topological polar surface area (TPSA) is 115 Å². The van der Waals surface area contributed by atoms with Crippen LogP contribution in [0.1, 0.15) is 52.9 Å². The van der Waals surface area contributed by atoms with E-state index < -0.39 is 0 Å². The molecule has 7 nitrogen and oxygen atoms in total. The van der Waals surface area contributed by atoms with E-state index in [0.717, 1.165) is 42.6 Å². The molecule has 2 aromatic carbocycles. The van der Waals surface area contributed by atoms with Gasteiger partial charge in [-0.25, -0.2) is 0 Å². The van der Waals surface area contributed by atoms with Crippen LogP contribution in [0.15, 0.2) is 66.9 Å². The highest BCUT2D eigenvalue weighted by molar-refractivity contribution is 6.15. The van der Waals surface area contributed by atoms with Gasteiger partial charge in [0.05, 0.1) is 24.1 Å². The Balaban J connectivity index is 1.31. The lowest BCUT2D eigenvalue weighted by atomic mass is 9.96. The van der Waals surface area contributed by atoms with Gasteiger partial charge in [-0.3, -0.25) is 15.2 Å². The number of hydrogen-bond donors (Lipinski definition) is 4. The summed E-state index contributed by atoms with van der Waals surface area (Å²) in [5.74, 6) is -0.238. The first-order chi connectivity index (χ1) is 16.5. The molecule has 2 aliphatic rings. The highest BCUT2D eigenvalue weighted by Crippen LogP contribution is 2.39. The molecule has 0 spiro atoms. The van der Waals surface area contributed by atoms with E-state index in [1.54, 1.807) is 24.4 Å². The quantitative estimate of drug-likeness (QED) is 0.335. The third kappa shape index (κ3) is 4.39. The number of benzene rings is 2. The van der Waals surface area contributed by atoms with Crippen molar-refractivity contribution in [1.29, 1.82) is 5.41 Å². The van der Waals surface area contributed by atoms with E-state index >= 15 is 0 Å². The van der Waals surface area contributed by atoms with Gasteiger partial charge in [0.1, 0.15) is 0 Å². The number of nitrogens with two attached hydrogens (primary N) is 1. The van der Waals surface area contributed by atoms with Crippen LogP contribution >= 0.6 is 0 Å². The first-order valence-electron chi connectivity index (χ1n) is 11.7. The lowest BCUT2D eigenvalue weighted by Gasteiger charge is -2.39. The zero-order valence-electron chi connectivity index (χ0n) is 18.9. The standard InChI is InChI=1S/C27H29N5O2/c28-25-11-6-18(27(34)31-16-19-3-1-2-12-30-19)13-24(25)26(29)17-4-7-20(8-5-17)32-21-9-10-22(32)15-23(33)14-21/h1-8,11-13,21-23,29,33H,9-10,14-16,28H2,(H,31,34). The third-order valence-electron chi connectivity index (χ3n) is 6.90. The van der Waals surface area contributed by atoms with Crippen LogP contribution in [0.3, 0.4) is 0 Å². The minimum absolute atomic E-state index is 0.197. The minimum Gasteiger partial charge on any atom is -0.398 e. The highest BCUT2D eigenvalue weighted by Gasteiger charge is 2.40. The Morgan fingerprint density at radius 1 is 1.06 bits per heavy atom. The Bertz CT molecular complexity index is 1180. The van der Waals surface area contributed by atoms with Gasteiger partial charge < -0.3 is 21.1 Å². The Labute approximate surface area is 199 Å². The normalized spacial score (nSPS) is 21.3. The lowest BCUT2D eigenvalue weighted by Crippen LogP contribution is -2.44. The molecule has 2 atom stereocenters. The van der Waals surface area contributed by atoms with Gasteiger partial charge in [0.25, 0.3) is 5.91 Å². The summed E-state index contributed by atoms with van der Waals surface area (Å²) < 4.78 is 0. The zero-order chi connectivity index (χ0) is 23.7. The molecular formula is C27H29N5O2. The van der Waals surface area contributed by atoms with Crippen molar-refractivity contribution in [2.45, 2.75) is 50.4 Å². The van der Waals surface area contributed by atoms with E-state index in [9.17, 15) is 9.90 Å². The van der Waals surface area contributed by atoms with Gasteiger partial charge in [0.2, 0.25) is 0 Å². The van der Waals surface area contributed by atoms with Crippen LogP contribution in [0.4, 0.5) is 11.4 Å². The first-order valence-corrected chi connectivity index (χ1v) is 11.7. The summed E-state index contributed by atoms with van der Waals surface area (Å²) in [4.78, 5) is 19.3. The molecule has 0 radical (unpaired) electrons. The fraction of sp³-hybridized carbons (Fsp3) is 0.296. The number of piperidine rings is 1. The minimum atomic E-state index is -0.238. The number of nitrogens with one attached hydrogen (secondary N) is 2. The molecule has 34 heavy (non-hydrogen) atoms. The number of hydrogen-bond acceptors (Lipinski definition) is 6. The summed E-state index contributed by atoms with van der Waals surface area (Å²) >= 11 is 0. The van der Waals surface area contributed by atoms with Gasteiger partial charge in [-0.05, 0) is 68.1 Å². The van der Waals surface area contributed by atoms with E-state index in [0.29, 0.717) is 35.4 Å². The summed E-state index contributed by atoms with van der Waals surface area (Å²) in [6.07, 6.45) is 5.36. The number of carbonyl (C=O) groups excluding carboxylic acids is 1. The van der Waals surface area contributed by atoms with Crippen molar-refractivity contribution in [2.24, 2.45) is 0 Å². The van der Waals surface area contributed by atoms with E-state index in [1.165, 1.54) is 0 Å². The summed E-state index contributed by atoms with van der Waals surface area (Å²) in [6, 6.07) is 19.3. The predicted molar refractivity (Wildman–Crippen MR) is 133 cm³/mol. The monoisotopic (exact) mass is 455 g/mol. The smallest absolute Gasteiger partial charge is 0.251 e. The van der Waals surface area contributed by atoms with Crippen LogP contribution in [-0.2, 0) is 6.54 Å². The average Bonchev–Trinajstić information content (AvgIpc) is 3.13. The van der Waals surface area contributed by atoms with Crippen molar-refractivity contribution < 1.29 is 9.90 Å². The van der Waals surface area contributed by atoms with Crippen LogP contribution in [-0.4, -0.2) is 39.9 Å². The van der Waals surface area contributed by atoms with Gasteiger partial charge in [-0.15, -0.1) is 0 Å². The molecule has 1 amide bonds. The molecule has 2 aliphatic heterocycles. The molecule has 3 aromatic rings. The van der Waals surface area contributed by atoms with Crippen molar-refractivity contribution >= 4 is 23.0 Å². The van der Waals surface area contributed by atoms with E-state index in [2.05, 4.69) is 15.2 Å². The molecular weight excluding hydrogens is 426 g/mol. The Morgan fingerprint density at radius 2 is 1.76 bits per heavy atom.